The SMILES string of the molecule is OC[C@H]1C=CC[C@H](c2ccccc2)N1. The van der Waals surface area contributed by atoms with E-state index >= 15 is 0 Å². The Bertz CT molecular complexity index is 307. The van der Waals surface area contributed by atoms with E-state index in [0.29, 0.717) is 6.04 Å². The standard InChI is InChI=1S/C12H15NO/c14-9-11-7-4-8-12(13-11)10-5-2-1-3-6-10/h1-7,11-14H,8-9H2/t11-,12-/m1/s1. The summed E-state index contributed by atoms with van der Waals surface area (Å²) >= 11 is 0. The molecule has 2 heteroatoms. The van der Waals surface area contributed by atoms with Gasteiger partial charge in [-0.05, 0) is 12.0 Å². The number of nitrogens with one attached hydrogen (secondary N) is 1. The molecular formula is C12H15NO. The largest absolute Gasteiger partial charge is 0.394 e. The van der Waals surface area contributed by atoms with Gasteiger partial charge in [0.05, 0.1) is 6.61 Å². The molecule has 0 saturated carbocycles. The van der Waals surface area contributed by atoms with Crippen molar-refractivity contribution in [2.24, 2.45) is 0 Å². The molecule has 2 nitrogen and oxygen atoms in total. The second-order valence-corrected chi connectivity index (χ2v) is 3.58. The lowest BCUT2D eigenvalue weighted by Gasteiger charge is -2.26. The van der Waals surface area contributed by atoms with E-state index in [0.717, 1.165) is 6.42 Å². The summed E-state index contributed by atoms with van der Waals surface area (Å²) < 4.78 is 0. The minimum Gasteiger partial charge on any atom is -0.394 e. The summed E-state index contributed by atoms with van der Waals surface area (Å²) in [6, 6.07) is 10.8. The van der Waals surface area contributed by atoms with Crippen LogP contribution in [0, 0.1) is 0 Å². The van der Waals surface area contributed by atoms with Gasteiger partial charge >= 0.3 is 0 Å². The van der Waals surface area contributed by atoms with Gasteiger partial charge in [-0.3, -0.25) is 0 Å². The van der Waals surface area contributed by atoms with Gasteiger partial charge in [0.1, 0.15) is 0 Å². The van der Waals surface area contributed by atoms with Crippen molar-refractivity contribution in [3.8, 4) is 0 Å². The third-order valence-corrected chi connectivity index (χ3v) is 2.55. The molecule has 0 saturated heterocycles. The molecule has 0 unspecified atom stereocenters. The highest BCUT2D eigenvalue weighted by Gasteiger charge is 2.16. The fraction of sp³-hybridized carbons (Fsp3) is 0.333. The van der Waals surface area contributed by atoms with Gasteiger partial charge in [-0.25, -0.2) is 0 Å². The van der Waals surface area contributed by atoms with Crippen molar-refractivity contribution in [1.82, 2.24) is 5.32 Å². The summed E-state index contributed by atoms with van der Waals surface area (Å²) in [5, 5.41) is 12.4. The number of rotatable bonds is 2. The smallest absolute Gasteiger partial charge is 0.0620 e. The maximum atomic E-state index is 9.04. The summed E-state index contributed by atoms with van der Waals surface area (Å²) in [6.45, 7) is 0.167. The third kappa shape index (κ3) is 2.03. The monoisotopic (exact) mass is 189 g/mol. The Morgan fingerprint density at radius 3 is 2.79 bits per heavy atom. The van der Waals surface area contributed by atoms with Crippen LogP contribution in [0.25, 0.3) is 0 Å². The highest BCUT2D eigenvalue weighted by atomic mass is 16.3. The van der Waals surface area contributed by atoms with E-state index in [2.05, 4.69) is 23.5 Å². The molecule has 2 N–H and O–H groups in total. The van der Waals surface area contributed by atoms with E-state index in [1.165, 1.54) is 5.56 Å². The number of hydrogen-bond donors (Lipinski definition) is 2. The average Bonchev–Trinajstić information content (AvgIpc) is 2.30. The second-order valence-electron chi connectivity index (χ2n) is 3.58. The lowest BCUT2D eigenvalue weighted by Crippen LogP contribution is -2.36. The van der Waals surface area contributed by atoms with Crippen LogP contribution < -0.4 is 5.32 Å². The molecule has 1 heterocycles. The van der Waals surface area contributed by atoms with Crippen molar-refractivity contribution in [1.29, 1.82) is 0 Å². The molecule has 0 aliphatic carbocycles. The lowest BCUT2D eigenvalue weighted by molar-refractivity contribution is 0.250. The first kappa shape index (κ1) is 9.44. The maximum Gasteiger partial charge on any atom is 0.0620 e. The van der Waals surface area contributed by atoms with Crippen LogP contribution in [-0.2, 0) is 0 Å². The predicted octanol–water partition coefficient (Wildman–Crippen LogP) is 1.64. The Morgan fingerprint density at radius 1 is 1.29 bits per heavy atom. The van der Waals surface area contributed by atoms with Crippen LogP contribution in [0.5, 0.6) is 0 Å². The van der Waals surface area contributed by atoms with Gasteiger partial charge in [0.25, 0.3) is 0 Å². The molecule has 0 fully saturated rings. The molecule has 2 rings (SSSR count). The van der Waals surface area contributed by atoms with E-state index < -0.39 is 0 Å². The molecule has 0 amide bonds. The minimum atomic E-state index is 0.106. The van der Waals surface area contributed by atoms with E-state index in [4.69, 9.17) is 5.11 Å². The number of aliphatic hydroxyl groups is 1. The highest BCUT2D eigenvalue weighted by Crippen LogP contribution is 2.20. The van der Waals surface area contributed by atoms with Crippen molar-refractivity contribution in [3.63, 3.8) is 0 Å². The first-order chi connectivity index (χ1) is 6.90. The number of aliphatic hydroxyl groups excluding tert-OH is 1. The summed E-state index contributed by atoms with van der Waals surface area (Å²) in [5.74, 6) is 0. The molecule has 0 bridgehead atoms. The summed E-state index contributed by atoms with van der Waals surface area (Å²) in [6.07, 6.45) is 5.16. The van der Waals surface area contributed by atoms with Gasteiger partial charge in [0.2, 0.25) is 0 Å². The topological polar surface area (TPSA) is 32.3 Å². The van der Waals surface area contributed by atoms with E-state index in [1.807, 2.05) is 24.3 Å². The van der Waals surface area contributed by atoms with Crippen LogP contribution in [-0.4, -0.2) is 17.8 Å². The Morgan fingerprint density at radius 2 is 2.07 bits per heavy atom. The zero-order chi connectivity index (χ0) is 9.80. The van der Waals surface area contributed by atoms with Crippen LogP contribution in [0.1, 0.15) is 18.0 Å². The fourth-order valence-corrected chi connectivity index (χ4v) is 1.79. The van der Waals surface area contributed by atoms with E-state index in [-0.39, 0.29) is 12.6 Å². The quantitative estimate of drug-likeness (QED) is 0.693. The van der Waals surface area contributed by atoms with Gasteiger partial charge in [-0.2, -0.15) is 0 Å². The molecule has 74 valence electrons. The predicted molar refractivity (Wildman–Crippen MR) is 56.9 cm³/mol. The summed E-state index contributed by atoms with van der Waals surface area (Å²) in [7, 11) is 0. The highest BCUT2D eigenvalue weighted by molar-refractivity contribution is 5.21. The Kier molecular flexibility index (Phi) is 2.96. The van der Waals surface area contributed by atoms with E-state index in [9.17, 15) is 0 Å². The molecule has 0 spiro atoms. The van der Waals surface area contributed by atoms with Crippen molar-refractivity contribution >= 4 is 0 Å². The lowest BCUT2D eigenvalue weighted by atomic mass is 9.99. The molecule has 2 atom stereocenters. The van der Waals surface area contributed by atoms with Crippen LogP contribution in [0.4, 0.5) is 0 Å². The molecule has 0 radical (unpaired) electrons. The Labute approximate surface area is 84.3 Å². The van der Waals surface area contributed by atoms with Crippen molar-refractivity contribution in [2.75, 3.05) is 6.61 Å². The third-order valence-electron chi connectivity index (χ3n) is 2.55. The van der Waals surface area contributed by atoms with Crippen molar-refractivity contribution in [3.05, 3.63) is 48.0 Å². The Hall–Kier alpha value is -1.12. The molecule has 1 aromatic carbocycles. The number of hydrogen-bond acceptors (Lipinski definition) is 2. The van der Waals surface area contributed by atoms with Gasteiger partial charge in [-0.15, -0.1) is 0 Å². The van der Waals surface area contributed by atoms with Crippen LogP contribution in [0.3, 0.4) is 0 Å². The van der Waals surface area contributed by atoms with Crippen LogP contribution >= 0.6 is 0 Å². The first-order valence-corrected chi connectivity index (χ1v) is 4.98. The van der Waals surface area contributed by atoms with Crippen LogP contribution in [0.15, 0.2) is 42.5 Å². The molecule has 1 aromatic rings. The molecule has 1 aliphatic heterocycles. The van der Waals surface area contributed by atoms with Gasteiger partial charge in [0.15, 0.2) is 0 Å². The number of benzene rings is 1. The second kappa shape index (κ2) is 4.40. The zero-order valence-corrected chi connectivity index (χ0v) is 8.06. The van der Waals surface area contributed by atoms with Gasteiger partial charge < -0.3 is 10.4 Å². The maximum absolute atomic E-state index is 9.04. The van der Waals surface area contributed by atoms with E-state index in [1.54, 1.807) is 0 Å². The summed E-state index contributed by atoms with van der Waals surface area (Å²) in [5.41, 5.74) is 1.29. The fourth-order valence-electron chi connectivity index (χ4n) is 1.79. The minimum absolute atomic E-state index is 0.106. The molecule has 14 heavy (non-hydrogen) atoms. The molecule has 0 aromatic heterocycles. The Balaban J connectivity index is 2.10. The molecular weight excluding hydrogens is 174 g/mol. The average molecular weight is 189 g/mol. The normalized spacial score (nSPS) is 26.4. The van der Waals surface area contributed by atoms with Crippen LogP contribution in [0.2, 0.25) is 0 Å². The zero-order valence-electron chi connectivity index (χ0n) is 8.06. The van der Waals surface area contributed by atoms with Gasteiger partial charge in [0, 0.05) is 12.1 Å². The first-order valence-electron chi connectivity index (χ1n) is 4.98. The van der Waals surface area contributed by atoms with Gasteiger partial charge in [-0.1, -0.05) is 42.5 Å². The summed E-state index contributed by atoms with van der Waals surface area (Å²) in [4.78, 5) is 0. The van der Waals surface area contributed by atoms with Crippen molar-refractivity contribution < 1.29 is 5.11 Å². The van der Waals surface area contributed by atoms with Crippen molar-refractivity contribution in [2.45, 2.75) is 18.5 Å². The molecule has 1 aliphatic rings.